The van der Waals surface area contributed by atoms with Gasteiger partial charge in [0, 0.05) is 44.0 Å². The largest absolute Gasteiger partial charge is 0.436 e. The van der Waals surface area contributed by atoms with Crippen LogP contribution in [0.3, 0.4) is 0 Å². The number of carbonyl (C=O) groups excluding carboxylic acids is 2. The van der Waals surface area contributed by atoms with Crippen LogP contribution in [0.4, 0.5) is 10.5 Å². The van der Waals surface area contributed by atoms with Crippen molar-refractivity contribution in [2.45, 2.75) is 18.9 Å². The third kappa shape index (κ3) is 4.11. The van der Waals surface area contributed by atoms with E-state index in [2.05, 4.69) is 10.3 Å². The van der Waals surface area contributed by atoms with Crippen molar-refractivity contribution in [1.82, 2.24) is 14.8 Å². The summed E-state index contributed by atoms with van der Waals surface area (Å²) in [5.74, 6) is 0.596. The summed E-state index contributed by atoms with van der Waals surface area (Å²) >= 11 is 0. The van der Waals surface area contributed by atoms with E-state index in [1.165, 1.54) is 0 Å². The third-order valence-electron chi connectivity index (χ3n) is 5.76. The van der Waals surface area contributed by atoms with Gasteiger partial charge in [-0.15, -0.1) is 0 Å². The molecule has 0 bridgehead atoms. The SMILES string of the molecule is O=C(Nc1ccc(-c2nc3ccccc3o2)cc1)N1CCN(C(=O)[C@H]2CCCO2)CC1. The monoisotopic (exact) mass is 420 g/mol. The molecule has 2 aromatic carbocycles. The fraction of sp³-hybridized carbons (Fsp3) is 0.348. The van der Waals surface area contributed by atoms with Crippen LogP contribution in [0.1, 0.15) is 12.8 Å². The lowest BCUT2D eigenvalue weighted by Gasteiger charge is -2.35. The first-order chi connectivity index (χ1) is 15.2. The van der Waals surface area contributed by atoms with Gasteiger partial charge in [-0.1, -0.05) is 12.1 Å². The van der Waals surface area contributed by atoms with Crippen LogP contribution in [0.2, 0.25) is 0 Å². The van der Waals surface area contributed by atoms with E-state index >= 15 is 0 Å². The smallest absolute Gasteiger partial charge is 0.321 e. The molecule has 31 heavy (non-hydrogen) atoms. The molecule has 0 radical (unpaired) electrons. The summed E-state index contributed by atoms with van der Waals surface area (Å²) in [5, 5.41) is 2.92. The molecule has 8 heteroatoms. The molecule has 5 rings (SSSR count). The van der Waals surface area contributed by atoms with Gasteiger partial charge >= 0.3 is 6.03 Å². The van der Waals surface area contributed by atoms with Crippen LogP contribution in [0.5, 0.6) is 0 Å². The Balaban J connectivity index is 1.17. The maximum Gasteiger partial charge on any atom is 0.321 e. The topological polar surface area (TPSA) is 87.9 Å². The number of ether oxygens (including phenoxy) is 1. The van der Waals surface area contributed by atoms with Gasteiger partial charge in [-0.3, -0.25) is 4.79 Å². The van der Waals surface area contributed by atoms with Crippen molar-refractivity contribution in [1.29, 1.82) is 0 Å². The molecule has 8 nitrogen and oxygen atoms in total. The van der Waals surface area contributed by atoms with Crippen LogP contribution >= 0.6 is 0 Å². The average Bonchev–Trinajstić information content (AvgIpc) is 3.49. The number of nitrogens with zero attached hydrogens (tertiary/aromatic N) is 3. The maximum absolute atomic E-state index is 12.6. The minimum absolute atomic E-state index is 0.0485. The van der Waals surface area contributed by atoms with E-state index in [0.29, 0.717) is 44.4 Å². The Kier molecular flexibility index (Phi) is 5.30. The highest BCUT2D eigenvalue weighted by Gasteiger charge is 2.31. The average molecular weight is 420 g/mol. The van der Waals surface area contributed by atoms with E-state index in [1.54, 1.807) is 9.80 Å². The standard InChI is InChI=1S/C23H24N4O4/c28-22(20-6-3-15-30-20)26-11-13-27(14-12-26)23(29)24-17-9-7-16(8-10-17)21-25-18-4-1-2-5-19(18)31-21/h1-2,4-5,7-10,20H,3,6,11-15H2,(H,24,29)/t20-/m1/s1. The Morgan fingerprint density at radius 3 is 2.42 bits per heavy atom. The first-order valence-electron chi connectivity index (χ1n) is 10.6. The van der Waals surface area contributed by atoms with Crippen molar-refractivity contribution in [3.05, 3.63) is 48.5 Å². The maximum atomic E-state index is 12.6. The minimum Gasteiger partial charge on any atom is -0.436 e. The summed E-state index contributed by atoms with van der Waals surface area (Å²) in [5.41, 5.74) is 3.09. The van der Waals surface area contributed by atoms with E-state index in [-0.39, 0.29) is 18.0 Å². The van der Waals surface area contributed by atoms with Crippen molar-refractivity contribution in [3.63, 3.8) is 0 Å². The van der Waals surface area contributed by atoms with Crippen molar-refractivity contribution in [2.24, 2.45) is 0 Å². The van der Waals surface area contributed by atoms with Gasteiger partial charge in [0.05, 0.1) is 0 Å². The Morgan fingerprint density at radius 2 is 1.71 bits per heavy atom. The van der Waals surface area contributed by atoms with Gasteiger partial charge in [0.2, 0.25) is 5.89 Å². The second kappa shape index (κ2) is 8.39. The molecule has 2 aliphatic rings. The molecule has 0 saturated carbocycles. The number of amides is 3. The molecule has 0 aliphatic carbocycles. The number of urea groups is 1. The molecule has 3 amide bonds. The fourth-order valence-electron chi connectivity index (χ4n) is 4.00. The Bertz CT molecular complexity index is 1050. The zero-order valence-electron chi connectivity index (χ0n) is 17.1. The number of para-hydroxylation sites is 2. The summed E-state index contributed by atoms with van der Waals surface area (Å²) in [4.78, 5) is 33.1. The van der Waals surface area contributed by atoms with Crippen LogP contribution in [-0.4, -0.2) is 65.6 Å². The number of aromatic nitrogens is 1. The number of piperazine rings is 1. The number of oxazole rings is 1. The Morgan fingerprint density at radius 1 is 0.968 bits per heavy atom. The summed E-state index contributed by atoms with van der Waals surface area (Å²) in [6.07, 6.45) is 1.42. The van der Waals surface area contributed by atoms with E-state index in [1.807, 2.05) is 48.5 Å². The van der Waals surface area contributed by atoms with E-state index in [0.717, 1.165) is 29.5 Å². The first-order valence-corrected chi connectivity index (χ1v) is 10.6. The second-order valence-corrected chi connectivity index (χ2v) is 7.81. The minimum atomic E-state index is -0.305. The quantitative estimate of drug-likeness (QED) is 0.702. The predicted octanol–water partition coefficient (Wildman–Crippen LogP) is 3.35. The molecule has 2 fully saturated rings. The highest BCUT2D eigenvalue weighted by molar-refractivity contribution is 5.90. The Hall–Kier alpha value is -3.39. The number of benzene rings is 2. The lowest BCUT2D eigenvalue weighted by atomic mass is 10.2. The van der Waals surface area contributed by atoms with Gasteiger partial charge in [0.1, 0.15) is 11.6 Å². The number of hydrogen-bond donors (Lipinski definition) is 1. The second-order valence-electron chi connectivity index (χ2n) is 7.81. The molecule has 1 atom stereocenters. The van der Waals surface area contributed by atoms with Gasteiger partial charge < -0.3 is 24.3 Å². The zero-order chi connectivity index (χ0) is 21.2. The van der Waals surface area contributed by atoms with Gasteiger partial charge in [-0.05, 0) is 49.2 Å². The van der Waals surface area contributed by atoms with Gasteiger partial charge in [-0.2, -0.15) is 0 Å². The van der Waals surface area contributed by atoms with Crippen LogP contribution in [0.15, 0.2) is 52.9 Å². The van der Waals surface area contributed by atoms with Crippen molar-refractivity contribution in [3.8, 4) is 11.5 Å². The van der Waals surface area contributed by atoms with Crippen LogP contribution in [-0.2, 0) is 9.53 Å². The highest BCUT2D eigenvalue weighted by Crippen LogP contribution is 2.25. The van der Waals surface area contributed by atoms with Crippen LogP contribution < -0.4 is 5.32 Å². The van der Waals surface area contributed by atoms with Gasteiger partial charge in [-0.25, -0.2) is 9.78 Å². The summed E-state index contributed by atoms with van der Waals surface area (Å²) < 4.78 is 11.3. The number of fused-ring (bicyclic) bond motifs is 1. The van der Waals surface area contributed by atoms with Crippen molar-refractivity contribution >= 4 is 28.7 Å². The van der Waals surface area contributed by atoms with Crippen LogP contribution in [0.25, 0.3) is 22.6 Å². The lowest BCUT2D eigenvalue weighted by molar-refractivity contribution is -0.142. The molecule has 1 N–H and O–H groups in total. The zero-order valence-corrected chi connectivity index (χ0v) is 17.1. The summed E-state index contributed by atoms with van der Waals surface area (Å²) in [7, 11) is 0. The normalized spacial score (nSPS) is 19.0. The first kappa shape index (κ1) is 19.6. The molecule has 3 heterocycles. The van der Waals surface area contributed by atoms with E-state index in [4.69, 9.17) is 9.15 Å². The van der Waals surface area contributed by atoms with E-state index in [9.17, 15) is 9.59 Å². The molecule has 2 saturated heterocycles. The number of hydrogen-bond acceptors (Lipinski definition) is 5. The predicted molar refractivity (Wildman–Crippen MR) is 116 cm³/mol. The number of rotatable bonds is 3. The molecule has 0 unspecified atom stereocenters. The van der Waals surface area contributed by atoms with Crippen molar-refractivity contribution in [2.75, 3.05) is 38.1 Å². The van der Waals surface area contributed by atoms with Gasteiger partial charge in [0.25, 0.3) is 5.91 Å². The number of nitrogens with one attached hydrogen (secondary N) is 1. The fourth-order valence-corrected chi connectivity index (χ4v) is 4.00. The highest BCUT2D eigenvalue weighted by atomic mass is 16.5. The lowest BCUT2D eigenvalue weighted by Crippen LogP contribution is -2.53. The molecule has 2 aliphatic heterocycles. The summed E-state index contributed by atoms with van der Waals surface area (Å²) in [6.45, 7) is 2.73. The molecule has 3 aromatic rings. The van der Waals surface area contributed by atoms with Gasteiger partial charge in [0.15, 0.2) is 5.58 Å². The number of carbonyl (C=O) groups is 2. The van der Waals surface area contributed by atoms with Crippen LogP contribution in [0, 0.1) is 0 Å². The summed E-state index contributed by atoms with van der Waals surface area (Å²) in [6, 6.07) is 14.9. The Labute approximate surface area is 179 Å². The molecular formula is C23H24N4O4. The molecule has 0 spiro atoms. The third-order valence-corrected chi connectivity index (χ3v) is 5.76. The molecular weight excluding hydrogens is 396 g/mol. The molecule has 1 aromatic heterocycles. The molecule has 160 valence electrons. The number of anilines is 1. The van der Waals surface area contributed by atoms with E-state index < -0.39 is 0 Å². The van der Waals surface area contributed by atoms with Crippen molar-refractivity contribution < 1.29 is 18.7 Å².